The lowest BCUT2D eigenvalue weighted by Gasteiger charge is -2.41. The smallest absolute Gasteiger partial charge is 0.308 e. The Morgan fingerprint density at radius 3 is 1.55 bits per heavy atom. The van der Waals surface area contributed by atoms with Crippen molar-refractivity contribution in [1.82, 2.24) is 0 Å². The molecule has 1 rings (SSSR count). The largest absolute Gasteiger partial charge is 0.463 e. The zero-order valence-corrected chi connectivity index (χ0v) is 19.7. The fourth-order valence-corrected chi connectivity index (χ4v) is 2.52. The Labute approximate surface area is 184 Å². The van der Waals surface area contributed by atoms with Gasteiger partial charge in [0.25, 0.3) is 0 Å². The third-order valence-electron chi connectivity index (χ3n) is 4.58. The first-order chi connectivity index (χ1) is 14.3. The summed E-state index contributed by atoms with van der Waals surface area (Å²) in [5.74, 6) is -3.71. The Hall–Kier alpha value is -2.16. The first kappa shape index (κ1) is 26.9. The lowest BCUT2D eigenvalue weighted by molar-refractivity contribution is -0.236. The van der Waals surface area contributed by atoms with Gasteiger partial charge in [0.1, 0.15) is 12.7 Å². The van der Waals surface area contributed by atoms with Gasteiger partial charge in [0.15, 0.2) is 18.3 Å². The van der Waals surface area contributed by atoms with Crippen LogP contribution in [0.1, 0.15) is 55.4 Å². The van der Waals surface area contributed by atoms with Crippen LogP contribution in [0.15, 0.2) is 0 Å². The van der Waals surface area contributed by atoms with Crippen molar-refractivity contribution in [3.8, 4) is 0 Å². The van der Waals surface area contributed by atoms with Gasteiger partial charge in [-0.05, 0) is 0 Å². The standard InChI is InChI=1S/C22H36O9/c1-11(2)19(23)28-9-15-17(30-21(25)13(5)6)18(31-22(26)14(7)8)16(10-27-15)29-20(24)12(3)4/h11-18H,9-10H2,1-8H3/t15-,16+,17-,18-/m1/s1. The molecule has 0 unspecified atom stereocenters. The van der Waals surface area contributed by atoms with E-state index in [0.29, 0.717) is 0 Å². The first-order valence-electron chi connectivity index (χ1n) is 10.7. The van der Waals surface area contributed by atoms with Crippen LogP contribution in [0.4, 0.5) is 0 Å². The van der Waals surface area contributed by atoms with Crippen LogP contribution >= 0.6 is 0 Å². The highest BCUT2D eigenvalue weighted by Gasteiger charge is 2.48. The van der Waals surface area contributed by atoms with Gasteiger partial charge in [0, 0.05) is 0 Å². The molecule has 0 bridgehead atoms. The summed E-state index contributed by atoms with van der Waals surface area (Å²) < 4.78 is 27.7. The van der Waals surface area contributed by atoms with Crippen LogP contribution in [-0.2, 0) is 42.9 Å². The average molecular weight is 445 g/mol. The van der Waals surface area contributed by atoms with E-state index in [1.807, 2.05) is 0 Å². The Kier molecular flexibility index (Phi) is 10.4. The van der Waals surface area contributed by atoms with Crippen LogP contribution < -0.4 is 0 Å². The van der Waals surface area contributed by atoms with E-state index in [0.717, 1.165) is 0 Å². The molecule has 0 amide bonds. The number of carbonyl (C=O) groups excluding carboxylic acids is 4. The number of hydrogen-bond donors (Lipinski definition) is 0. The van der Waals surface area contributed by atoms with Gasteiger partial charge < -0.3 is 23.7 Å². The van der Waals surface area contributed by atoms with Crippen LogP contribution in [0.25, 0.3) is 0 Å². The van der Waals surface area contributed by atoms with Crippen LogP contribution in [0.3, 0.4) is 0 Å². The van der Waals surface area contributed by atoms with Gasteiger partial charge in [0.2, 0.25) is 0 Å². The molecule has 1 heterocycles. The van der Waals surface area contributed by atoms with Crippen LogP contribution in [0.5, 0.6) is 0 Å². The molecule has 9 nitrogen and oxygen atoms in total. The van der Waals surface area contributed by atoms with E-state index >= 15 is 0 Å². The van der Waals surface area contributed by atoms with E-state index in [9.17, 15) is 19.2 Å². The van der Waals surface area contributed by atoms with Crippen molar-refractivity contribution in [2.75, 3.05) is 13.2 Å². The Morgan fingerprint density at radius 2 is 1.10 bits per heavy atom. The summed E-state index contributed by atoms with van der Waals surface area (Å²) in [7, 11) is 0. The molecule has 31 heavy (non-hydrogen) atoms. The maximum atomic E-state index is 12.4. The molecule has 1 saturated heterocycles. The number of esters is 4. The van der Waals surface area contributed by atoms with E-state index in [2.05, 4.69) is 0 Å². The molecule has 0 aromatic heterocycles. The van der Waals surface area contributed by atoms with E-state index in [-0.39, 0.29) is 19.1 Å². The second-order valence-corrected chi connectivity index (χ2v) is 8.90. The number of ether oxygens (including phenoxy) is 5. The lowest BCUT2D eigenvalue weighted by Crippen LogP contribution is -2.59. The quantitative estimate of drug-likeness (QED) is 0.390. The summed E-state index contributed by atoms with van der Waals surface area (Å²) in [5.41, 5.74) is 0. The molecular weight excluding hydrogens is 408 g/mol. The molecule has 4 atom stereocenters. The third-order valence-corrected chi connectivity index (χ3v) is 4.58. The van der Waals surface area contributed by atoms with Crippen molar-refractivity contribution in [1.29, 1.82) is 0 Å². The van der Waals surface area contributed by atoms with Crippen molar-refractivity contribution in [2.45, 2.75) is 79.8 Å². The summed E-state index contributed by atoms with van der Waals surface area (Å²) in [4.78, 5) is 48.9. The van der Waals surface area contributed by atoms with E-state index in [4.69, 9.17) is 23.7 Å². The Balaban J connectivity index is 3.20. The normalized spacial score (nSPS) is 23.7. The van der Waals surface area contributed by atoms with E-state index in [1.54, 1.807) is 55.4 Å². The monoisotopic (exact) mass is 444 g/mol. The maximum Gasteiger partial charge on any atom is 0.308 e. The second-order valence-electron chi connectivity index (χ2n) is 8.90. The van der Waals surface area contributed by atoms with Crippen molar-refractivity contribution in [3.05, 3.63) is 0 Å². The summed E-state index contributed by atoms with van der Waals surface area (Å²) in [5, 5.41) is 0. The van der Waals surface area contributed by atoms with Gasteiger partial charge in [-0.15, -0.1) is 0 Å². The second kappa shape index (κ2) is 12.0. The van der Waals surface area contributed by atoms with Gasteiger partial charge in [-0.2, -0.15) is 0 Å². The van der Waals surface area contributed by atoms with E-state index < -0.39 is 66.0 Å². The molecular formula is C22H36O9. The molecule has 1 aliphatic heterocycles. The highest BCUT2D eigenvalue weighted by Crippen LogP contribution is 2.27. The number of carbonyl (C=O) groups is 4. The fraction of sp³-hybridized carbons (Fsp3) is 0.818. The SMILES string of the molecule is CC(C)C(=O)OC[C@H]1OC[C@H](OC(=O)C(C)C)[C@@H](OC(=O)C(C)C)[C@@H]1OC(=O)C(C)C. The zero-order chi connectivity index (χ0) is 23.9. The first-order valence-corrected chi connectivity index (χ1v) is 10.7. The lowest BCUT2D eigenvalue weighted by atomic mass is 9.98. The van der Waals surface area contributed by atoms with Crippen molar-refractivity contribution < 1.29 is 42.9 Å². The number of hydrogen-bond acceptors (Lipinski definition) is 9. The molecule has 178 valence electrons. The molecule has 1 fully saturated rings. The van der Waals surface area contributed by atoms with Gasteiger partial charge in [-0.25, -0.2) is 0 Å². The summed E-state index contributed by atoms with van der Waals surface area (Å²) in [6.45, 7) is 13.1. The molecule has 1 aliphatic rings. The van der Waals surface area contributed by atoms with Crippen LogP contribution in [-0.4, -0.2) is 61.5 Å². The van der Waals surface area contributed by atoms with Crippen LogP contribution in [0.2, 0.25) is 0 Å². The van der Waals surface area contributed by atoms with Gasteiger partial charge in [0.05, 0.1) is 30.3 Å². The van der Waals surface area contributed by atoms with Gasteiger partial charge in [-0.1, -0.05) is 55.4 Å². The Bertz CT molecular complexity index is 639. The molecule has 0 N–H and O–H groups in total. The zero-order valence-electron chi connectivity index (χ0n) is 19.7. The summed E-state index contributed by atoms with van der Waals surface area (Å²) in [6.07, 6.45) is -4.07. The minimum Gasteiger partial charge on any atom is -0.463 e. The molecule has 0 spiro atoms. The fourth-order valence-electron chi connectivity index (χ4n) is 2.52. The minimum atomic E-state index is -1.11. The molecule has 0 aromatic carbocycles. The number of rotatable bonds is 9. The molecule has 9 heteroatoms. The van der Waals surface area contributed by atoms with Crippen LogP contribution in [0, 0.1) is 23.7 Å². The summed E-state index contributed by atoms with van der Waals surface area (Å²) in [6, 6.07) is 0. The summed E-state index contributed by atoms with van der Waals surface area (Å²) >= 11 is 0. The predicted molar refractivity (Wildman–Crippen MR) is 110 cm³/mol. The third kappa shape index (κ3) is 8.12. The Morgan fingerprint density at radius 1 is 0.677 bits per heavy atom. The van der Waals surface area contributed by atoms with Crippen molar-refractivity contribution in [2.24, 2.45) is 23.7 Å². The van der Waals surface area contributed by atoms with Gasteiger partial charge in [-0.3, -0.25) is 19.2 Å². The van der Waals surface area contributed by atoms with Gasteiger partial charge >= 0.3 is 23.9 Å². The highest BCUT2D eigenvalue weighted by atomic mass is 16.7. The molecule has 0 saturated carbocycles. The maximum absolute atomic E-state index is 12.4. The predicted octanol–water partition coefficient (Wildman–Crippen LogP) is 2.29. The van der Waals surface area contributed by atoms with Crippen molar-refractivity contribution >= 4 is 23.9 Å². The minimum absolute atomic E-state index is 0.103. The molecule has 0 radical (unpaired) electrons. The average Bonchev–Trinajstić information content (AvgIpc) is 2.68. The van der Waals surface area contributed by atoms with E-state index in [1.165, 1.54) is 0 Å². The molecule has 0 aromatic rings. The topological polar surface area (TPSA) is 114 Å². The molecule has 0 aliphatic carbocycles. The van der Waals surface area contributed by atoms with Crippen molar-refractivity contribution in [3.63, 3.8) is 0 Å². The highest BCUT2D eigenvalue weighted by molar-refractivity contribution is 5.74.